The minimum atomic E-state index is -0.965. The second-order valence-corrected chi connectivity index (χ2v) is 11.1. The van der Waals surface area contributed by atoms with Gasteiger partial charge < -0.3 is 29.3 Å². The van der Waals surface area contributed by atoms with E-state index in [-0.39, 0.29) is 19.6 Å². The van der Waals surface area contributed by atoms with E-state index < -0.39 is 47.7 Å². The quantitative estimate of drug-likeness (QED) is 0.440. The summed E-state index contributed by atoms with van der Waals surface area (Å²) in [5, 5.41) is 2.69. The zero-order valence-corrected chi connectivity index (χ0v) is 22.5. The lowest BCUT2D eigenvalue weighted by Gasteiger charge is -2.34. The van der Waals surface area contributed by atoms with Crippen molar-refractivity contribution in [3.05, 3.63) is 41.0 Å². The van der Waals surface area contributed by atoms with Gasteiger partial charge in [0.1, 0.15) is 18.2 Å². The molecule has 3 amide bonds. The van der Waals surface area contributed by atoms with Gasteiger partial charge in [0.25, 0.3) is 0 Å². The number of allylic oxidation sites excluding steroid dienone is 1. The number of amides is 3. The summed E-state index contributed by atoms with van der Waals surface area (Å²) < 4.78 is 16.1. The normalized spacial score (nSPS) is 25.8. The molecule has 4 aliphatic heterocycles. The van der Waals surface area contributed by atoms with Crippen molar-refractivity contribution < 1.29 is 33.4 Å². The molecule has 0 spiro atoms. The van der Waals surface area contributed by atoms with Gasteiger partial charge in [0.15, 0.2) is 0 Å². The Morgan fingerprint density at radius 3 is 2.71 bits per heavy atom. The number of hydrogen-bond acceptors (Lipinski definition) is 7. The first-order valence-electron chi connectivity index (χ1n) is 13.1. The van der Waals surface area contributed by atoms with Crippen LogP contribution in [0, 0.1) is 5.41 Å². The summed E-state index contributed by atoms with van der Waals surface area (Å²) in [4.78, 5) is 55.0. The van der Waals surface area contributed by atoms with Crippen LogP contribution in [0.5, 0.6) is 0 Å². The Labute approximate surface area is 223 Å². The van der Waals surface area contributed by atoms with Crippen LogP contribution in [0.25, 0.3) is 6.08 Å². The molecule has 38 heavy (non-hydrogen) atoms. The van der Waals surface area contributed by atoms with E-state index in [1.807, 2.05) is 32.9 Å². The van der Waals surface area contributed by atoms with Gasteiger partial charge in [-0.2, -0.15) is 0 Å². The highest BCUT2D eigenvalue weighted by Crippen LogP contribution is 2.29. The fraction of sp³-hybridized carbons (Fsp3) is 0.571. The maximum absolute atomic E-state index is 13.7. The van der Waals surface area contributed by atoms with Crippen molar-refractivity contribution in [3.8, 4) is 0 Å². The predicted octanol–water partition coefficient (Wildman–Crippen LogP) is 3.27. The third kappa shape index (κ3) is 6.11. The van der Waals surface area contributed by atoms with Crippen LogP contribution >= 0.6 is 0 Å². The molecule has 0 saturated carbocycles. The lowest BCUT2D eigenvalue weighted by atomic mass is 9.85. The van der Waals surface area contributed by atoms with Crippen molar-refractivity contribution >= 4 is 30.1 Å². The zero-order valence-electron chi connectivity index (χ0n) is 22.5. The number of fused-ring (bicyclic) bond motifs is 10. The number of hydrogen-bond donors (Lipinski definition) is 1. The molecule has 1 aromatic carbocycles. The molecule has 1 fully saturated rings. The van der Waals surface area contributed by atoms with Crippen molar-refractivity contribution in [2.45, 2.75) is 71.2 Å². The van der Waals surface area contributed by atoms with Crippen molar-refractivity contribution in [3.63, 3.8) is 0 Å². The van der Waals surface area contributed by atoms with Gasteiger partial charge in [0.05, 0.1) is 20.3 Å². The highest BCUT2D eigenvalue weighted by Gasteiger charge is 2.47. The van der Waals surface area contributed by atoms with E-state index in [0.29, 0.717) is 32.4 Å². The third-order valence-corrected chi connectivity index (χ3v) is 7.27. The number of benzene rings is 1. The molecular weight excluding hydrogens is 490 g/mol. The molecule has 10 heteroatoms. The average Bonchev–Trinajstić information content (AvgIpc) is 3.30. The number of rotatable bonds is 1. The predicted molar refractivity (Wildman–Crippen MR) is 139 cm³/mol. The molecule has 6 bridgehead atoms. The number of carbonyl (C=O) groups is 4. The molecule has 10 nitrogen and oxygen atoms in total. The summed E-state index contributed by atoms with van der Waals surface area (Å²) in [7, 11) is 1.25. The zero-order chi connectivity index (χ0) is 27.4. The van der Waals surface area contributed by atoms with Crippen LogP contribution in [0.1, 0.15) is 56.7 Å². The molecule has 1 aromatic rings. The van der Waals surface area contributed by atoms with Gasteiger partial charge in [-0.25, -0.2) is 14.4 Å². The maximum atomic E-state index is 13.7. The first kappa shape index (κ1) is 27.5. The van der Waals surface area contributed by atoms with E-state index >= 15 is 0 Å². The van der Waals surface area contributed by atoms with Crippen LogP contribution in [-0.4, -0.2) is 78.9 Å². The molecule has 3 atom stereocenters. The third-order valence-electron chi connectivity index (χ3n) is 7.27. The highest BCUT2D eigenvalue weighted by molar-refractivity contribution is 5.91. The maximum Gasteiger partial charge on any atom is 0.410 e. The van der Waals surface area contributed by atoms with Gasteiger partial charge in [-0.3, -0.25) is 4.79 Å². The molecule has 4 heterocycles. The van der Waals surface area contributed by atoms with Gasteiger partial charge in [-0.15, -0.1) is 0 Å². The van der Waals surface area contributed by atoms with Gasteiger partial charge >= 0.3 is 18.2 Å². The number of carbonyl (C=O) groups excluding carboxylic acids is 4. The van der Waals surface area contributed by atoms with Crippen LogP contribution in [-0.2, 0) is 36.8 Å². The minimum Gasteiger partial charge on any atom is -0.467 e. The molecule has 4 aliphatic rings. The van der Waals surface area contributed by atoms with Gasteiger partial charge in [0, 0.05) is 19.5 Å². The molecule has 1 saturated heterocycles. The molecule has 0 aliphatic carbocycles. The summed E-state index contributed by atoms with van der Waals surface area (Å²) in [5.41, 5.74) is 2.70. The Hall–Kier alpha value is -3.56. The summed E-state index contributed by atoms with van der Waals surface area (Å²) in [6.45, 7) is 6.62. The molecule has 5 rings (SSSR count). The summed E-state index contributed by atoms with van der Waals surface area (Å²) in [5.74, 6) is -1.06. The van der Waals surface area contributed by atoms with Gasteiger partial charge in [-0.1, -0.05) is 51.1 Å². The molecule has 0 unspecified atom stereocenters. The number of nitrogens with zero attached hydrogens (tertiary/aromatic N) is 2. The number of nitrogens with one attached hydrogen (secondary N) is 1. The summed E-state index contributed by atoms with van der Waals surface area (Å²) in [6, 6.07) is 4.15. The van der Waals surface area contributed by atoms with Crippen molar-refractivity contribution in [1.29, 1.82) is 0 Å². The van der Waals surface area contributed by atoms with Gasteiger partial charge in [0.2, 0.25) is 5.91 Å². The topological polar surface area (TPSA) is 114 Å². The SMILES string of the molecule is COC(=O)[C@@H]1C[C@@H]2CN1C(=O)[C@H](C(C)(C)C)NC(=O)OCCC/C=C/c1cccc3c1CCN(C3)C(=O)O2. The van der Waals surface area contributed by atoms with E-state index in [4.69, 9.17) is 14.2 Å². The van der Waals surface area contributed by atoms with Crippen LogP contribution in [0.3, 0.4) is 0 Å². The van der Waals surface area contributed by atoms with Crippen LogP contribution < -0.4 is 5.32 Å². The Balaban J connectivity index is 1.62. The first-order chi connectivity index (χ1) is 18.1. The van der Waals surface area contributed by atoms with E-state index in [2.05, 4.69) is 23.5 Å². The molecule has 0 aromatic heterocycles. The number of ether oxygens (including phenoxy) is 3. The van der Waals surface area contributed by atoms with E-state index in [1.54, 1.807) is 4.90 Å². The smallest absolute Gasteiger partial charge is 0.410 e. The Kier molecular flexibility index (Phi) is 8.28. The lowest BCUT2D eigenvalue weighted by molar-refractivity contribution is -0.152. The standard InChI is InChI=1S/C28H37N3O7/c1-28(2,3)23-24(32)31-17-20(15-22(31)25(33)36-4)38-27(35)30-13-12-21-18(10-8-11-19(21)16-30)9-6-5-7-14-37-26(34)29-23/h6,8-11,20,22-23H,5,7,12-17H2,1-4H3,(H,29,34)/b9-6+/t20-,22+,23-/m1/s1. The second-order valence-electron chi connectivity index (χ2n) is 11.1. The van der Waals surface area contributed by atoms with Crippen molar-refractivity contribution in [1.82, 2.24) is 15.1 Å². The molecule has 206 valence electrons. The van der Waals surface area contributed by atoms with Gasteiger partial charge in [-0.05, 0) is 41.4 Å². The lowest BCUT2D eigenvalue weighted by Crippen LogP contribution is -2.57. The molecule has 0 radical (unpaired) electrons. The van der Waals surface area contributed by atoms with E-state index in [9.17, 15) is 19.2 Å². The molecule has 1 N–H and O–H groups in total. The van der Waals surface area contributed by atoms with Crippen molar-refractivity contribution in [2.24, 2.45) is 5.41 Å². The average molecular weight is 528 g/mol. The minimum absolute atomic E-state index is 0.0209. The number of esters is 1. The number of methoxy groups -OCH3 is 1. The number of alkyl carbamates (subject to hydrolysis) is 1. The van der Waals surface area contributed by atoms with Crippen molar-refractivity contribution in [2.75, 3.05) is 26.8 Å². The van der Waals surface area contributed by atoms with E-state index in [0.717, 1.165) is 11.1 Å². The van der Waals surface area contributed by atoms with Crippen LogP contribution in [0.4, 0.5) is 9.59 Å². The van der Waals surface area contributed by atoms with E-state index in [1.165, 1.54) is 17.6 Å². The highest BCUT2D eigenvalue weighted by atomic mass is 16.6. The summed E-state index contributed by atoms with van der Waals surface area (Å²) >= 11 is 0. The largest absolute Gasteiger partial charge is 0.467 e. The molecular formula is C28H37N3O7. The monoisotopic (exact) mass is 527 g/mol. The Morgan fingerprint density at radius 2 is 1.97 bits per heavy atom. The Bertz CT molecular complexity index is 1110. The summed E-state index contributed by atoms with van der Waals surface area (Å²) in [6.07, 6.45) is 4.40. The van der Waals surface area contributed by atoms with Crippen LogP contribution in [0.2, 0.25) is 0 Å². The fourth-order valence-corrected chi connectivity index (χ4v) is 5.20. The second kappa shape index (κ2) is 11.4. The first-order valence-corrected chi connectivity index (χ1v) is 13.1. The Morgan fingerprint density at radius 1 is 1.18 bits per heavy atom. The fourth-order valence-electron chi connectivity index (χ4n) is 5.20. The van der Waals surface area contributed by atoms with Crippen LogP contribution in [0.15, 0.2) is 24.3 Å².